The summed E-state index contributed by atoms with van der Waals surface area (Å²) in [6.07, 6.45) is 9.18. The van der Waals surface area contributed by atoms with Crippen molar-refractivity contribution in [1.29, 1.82) is 0 Å². The Morgan fingerprint density at radius 2 is 1.75 bits per heavy atom. The fraction of sp³-hybridized carbons (Fsp3) is 0.800. The molecular formula is C10H21N3O2S. The summed E-state index contributed by atoms with van der Waals surface area (Å²) in [5, 5.41) is 4.03. The molecule has 0 saturated heterocycles. The molecule has 0 spiro atoms. The number of hydrogen-bond acceptors (Lipinski definition) is 4. The van der Waals surface area contributed by atoms with Crippen molar-refractivity contribution in [3.8, 4) is 0 Å². The van der Waals surface area contributed by atoms with Gasteiger partial charge in [0.05, 0.1) is 11.6 Å². The van der Waals surface area contributed by atoms with Crippen LogP contribution in [0.1, 0.15) is 45.4 Å². The molecule has 0 aromatic carbocycles. The molecule has 0 unspecified atom stereocenters. The highest BCUT2D eigenvalue weighted by molar-refractivity contribution is 7.93. The summed E-state index contributed by atoms with van der Waals surface area (Å²) in [5.74, 6) is 0. The monoisotopic (exact) mass is 247 g/mol. The van der Waals surface area contributed by atoms with E-state index in [1.165, 1.54) is 38.5 Å². The van der Waals surface area contributed by atoms with Gasteiger partial charge in [0.15, 0.2) is 0 Å². The van der Waals surface area contributed by atoms with Crippen LogP contribution in [0.4, 0.5) is 0 Å². The SMILES string of the molecule is CCCCCCCCN.O=S1(=O)C=CN=N1. The number of nitrogens with zero attached hydrogens (tertiary/aromatic N) is 2. The normalized spacial score (nSPS) is 15.9. The summed E-state index contributed by atoms with van der Waals surface area (Å²) in [7, 11) is -3.27. The molecule has 0 bridgehead atoms. The third kappa shape index (κ3) is 9.79. The zero-order valence-corrected chi connectivity index (χ0v) is 10.6. The highest BCUT2D eigenvalue weighted by Gasteiger charge is 2.03. The molecule has 2 N–H and O–H groups in total. The minimum Gasteiger partial charge on any atom is -0.330 e. The molecule has 6 heteroatoms. The molecule has 5 nitrogen and oxygen atoms in total. The van der Waals surface area contributed by atoms with Crippen LogP contribution in [-0.2, 0) is 10.0 Å². The van der Waals surface area contributed by atoms with Crippen LogP contribution >= 0.6 is 0 Å². The molecule has 16 heavy (non-hydrogen) atoms. The zero-order chi connectivity index (χ0) is 12.3. The summed E-state index contributed by atoms with van der Waals surface area (Å²) in [6, 6.07) is 0. The van der Waals surface area contributed by atoms with Gasteiger partial charge >= 0.3 is 0 Å². The molecule has 1 heterocycles. The predicted molar refractivity (Wildman–Crippen MR) is 65.3 cm³/mol. The van der Waals surface area contributed by atoms with E-state index in [1.807, 2.05) is 0 Å². The largest absolute Gasteiger partial charge is 0.330 e. The minimum atomic E-state index is -3.27. The maximum atomic E-state index is 10.1. The summed E-state index contributed by atoms with van der Waals surface area (Å²) in [5.41, 5.74) is 5.34. The van der Waals surface area contributed by atoms with Gasteiger partial charge in [-0.05, 0) is 13.0 Å². The summed E-state index contributed by atoms with van der Waals surface area (Å²) in [6.45, 7) is 3.11. The second-order valence-corrected chi connectivity index (χ2v) is 5.02. The van der Waals surface area contributed by atoms with Gasteiger partial charge in [-0.2, -0.15) is 8.42 Å². The van der Waals surface area contributed by atoms with Crippen LogP contribution in [0.3, 0.4) is 0 Å². The quantitative estimate of drug-likeness (QED) is 0.732. The number of rotatable bonds is 6. The standard InChI is InChI=1S/C8H19N.C2H2N2O2S/c1-2-3-4-5-6-7-8-9;5-7(6)2-1-3-4-7/h2-9H2,1H3;1-2H. The number of sulfonamides is 1. The lowest BCUT2D eigenvalue weighted by molar-refractivity contribution is 0.605. The van der Waals surface area contributed by atoms with Crippen molar-refractivity contribution in [2.75, 3.05) is 6.54 Å². The third-order valence-corrected chi connectivity index (χ3v) is 2.81. The molecule has 1 aliphatic rings. The smallest absolute Gasteiger partial charge is 0.294 e. The van der Waals surface area contributed by atoms with Crippen molar-refractivity contribution >= 4 is 10.0 Å². The van der Waals surface area contributed by atoms with Crippen LogP contribution in [0.5, 0.6) is 0 Å². The van der Waals surface area contributed by atoms with E-state index in [4.69, 9.17) is 5.73 Å². The number of hydrogen-bond donors (Lipinski definition) is 1. The predicted octanol–water partition coefficient (Wildman–Crippen LogP) is 2.56. The Morgan fingerprint density at radius 1 is 1.12 bits per heavy atom. The Kier molecular flexibility index (Phi) is 9.03. The van der Waals surface area contributed by atoms with Gasteiger partial charge in [0.1, 0.15) is 0 Å². The fourth-order valence-corrected chi connectivity index (χ4v) is 1.60. The Hall–Kier alpha value is -0.750. The Labute approximate surface area is 97.9 Å². The van der Waals surface area contributed by atoms with Gasteiger partial charge in [-0.25, -0.2) is 0 Å². The highest BCUT2D eigenvalue weighted by atomic mass is 32.2. The molecule has 0 aromatic heterocycles. The molecule has 0 aromatic rings. The Balaban J connectivity index is 0.000000288. The van der Waals surface area contributed by atoms with Crippen LogP contribution in [0.25, 0.3) is 0 Å². The lowest BCUT2D eigenvalue weighted by Crippen LogP contribution is -1.97. The third-order valence-electron chi connectivity index (χ3n) is 2.02. The first kappa shape index (κ1) is 15.2. The van der Waals surface area contributed by atoms with Crippen LogP contribution in [0, 0.1) is 0 Å². The van der Waals surface area contributed by atoms with Gasteiger partial charge in [-0.15, -0.1) is 5.11 Å². The van der Waals surface area contributed by atoms with Crippen LogP contribution in [-0.4, -0.2) is 15.0 Å². The highest BCUT2D eigenvalue weighted by Crippen LogP contribution is 2.03. The summed E-state index contributed by atoms with van der Waals surface area (Å²) in [4.78, 5) is 0. The fourth-order valence-electron chi connectivity index (χ4n) is 1.15. The maximum absolute atomic E-state index is 10.1. The van der Waals surface area contributed by atoms with Gasteiger partial charge in [-0.3, -0.25) is 0 Å². The van der Waals surface area contributed by atoms with Crippen molar-refractivity contribution in [2.45, 2.75) is 45.4 Å². The van der Waals surface area contributed by atoms with E-state index in [1.54, 1.807) is 0 Å². The van der Waals surface area contributed by atoms with Crippen LogP contribution < -0.4 is 5.73 Å². The van der Waals surface area contributed by atoms with Crippen molar-refractivity contribution in [3.05, 3.63) is 11.6 Å². The van der Waals surface area contributed by atoms with Crippen LogP contribution in [0.2, 0.25) is 0 Å². The molecule has 1 aliphatic heterocycles. The zero-order valence-electron chi connectivity index (χ0n) is 9.80. The average molecular weight is 247 g/mol. The first-order valence-electron chi connectivity index (χ1n) is 5.66. The molecule has 94 valence electrons. The minimum absolute atomic E-state index is 0.867. The first-order valence-corrected chi connectivity index (χ1v) is 7.16. The Morgan fingerprint density at radius 3 is 2.12 bits per heavy atom. The lowest BCUT2D eigenvalue weighted by Gasteiger charge is -1.96. The van der Waals surface area contributed by atoms with Crippen LogP contribution in [0.15, 0.2) is 21.2 Å². The van der Waals surface area contributed by atoms with Gasteiger partial charge in [0.2, 0.25) is 0 Å². The van der Waals surface area contributed by atoms with Crippen molar-refractivity contribution in [3.63, 3.8) is 0 Å². The second-order valence-electron chi connectivity index (χ2n) is 3.55. The topological polar surface area (TPSA) is 84.9 Å². The van der Waals surface area contributed by atoms with E-state index >= 15 is 0 Å². The molecule has 0 radical (unpaired) electrons. The molecule has 0 fully saturated rings. The van der Waals surface area contributed by atoms with Crippen molar-refractivity contribution < 1.29 is 8.42 Å². The van der Waals surface area contributed by atoms with Gasteiger partial charge in [-0.1, -0.05) is 43.5 Å². The molecular weight excluding hydrogens is 226 g/mol. The number of unbranched alkanes of at least 4 members (excludes halogenated alkanes) is 5. The van der Waals surface area contributed by atoms with Crippen molar-refractivity contribution in [1.82, 2.24) is 0 Å². The first-order chi connectivity index (χ1) is 7.62. The van der Waals surface area contributed by atoms with Gasteiger partial charge < -0.3 is 5.73 Å². The second kappa shape index (κ2) is 9.47. The maximum Gasteiger partial charge on any atom is 0.294 e. The molecule has 0 saturated carbocycles. The van der Waals surface area contributed by atoms with E-state index in [2.05, 4.69) is 16.6 Å². The molecule has 0 atom stereocenters. The molecule has 1 rings (SSSR count). The van der Waals surface area contributed by atoms with Crippen molar-refractivity contribution in [2.24, 2.45) is 15.4 Å². The summed E-state index contributed by atoms with van der Waals surface area (Å²) >= 11 is 0. The Bertz CT molecular complexity index is 286. The van der Waals surface area contributed by atoms with Gasteiger partial charge in [0.25, 0.3) is 10.0 Å². The van der Waals surface area contributed by atoms with E-state index in [0.717, 1.165) is 18.2 Å². The van der Waals surface area contributed by atoms with E-state index in [9.17, 15) is 8.42 Å². The molecule has 0 amide bonds. The number of nitrogens with two attached hydrogens (primary N) is 1. The van der Waals surface area contributed by atoms with E-state index < -0.39 is 10.0 Å². The van der Waals surface area contributed by atoms with E-state index in [-0.39, 0.29) is 0 Å². The lowest BCUT2D eigenvalue weighted by atomic mass is 10.1. The molecule has 0 aliphatic carbocycles. The average Bonchev–Trinajstić information content (AvgIpc) is 2.64. The summed E-state index contributed by atoms with van der Waals surface area (Å²) < 4.78 is 23.0. The van der Waals surface area contributed by atoms with E-state index in [0.29, 0.717) is 0 Å². The van der Waals surface area contributed by atoms with Gasteiger partial charge in [0, 0.05) is 0 Å².